The van der Waals surface area contributed by atoms with E-state index in [4.69, 9.17) is 4.98 Å². The standard InChI is InChI=1S/C20H23BrN6O/c1-25-12-18(23-13-25)19(28)26(2)11-14-5-7-27(8-6-14)20-22-10-15-9-16(21)3-4-17(15)24-20/h3-4,9-10,12-14H,5-8,11H2,1-2H3. The maximum absolute atomic E-state index is 12.5. The fourth-order valence-electron chi connectivity index (χ4n) is 3.65. The van der Waals surface area contributed by atoms with Gasteiger partial charge in [-0.25, -0.2) is 15.0 Å². The molecule has 1 aliphatic rings. The van der Waals surface area contributed by atoms with Gasteiger partial charge in [0, 0.05) is 56.0 Å². The van der Waals surface area contributed by atoms with Crippen LogP contribution in [0.15, 0.2) is 41.4 Å². The van der Waals surface area contributed by atoms with Gasteiger partial charge < -0.3 is 14.4 Å². The fourth-order valence-corrected chi connectivity index (χ4v) is 4.03. The number of piperidine rings is 1. The molecule has 0 saturated carbocycles. The van der Waals surface area contributed by atoms with E-state index in [1.54, 1.807) is 22.0 Å². The number of carbonyl (C=O) groups is 1. The third-order valence-electron chi connectivity index (χ3n) is 5.23. The molecule has 0 N–H and O–H groups in total. The van der Waals surface area contributed by atoms with Crippen molar-refractivity contribution in [3.8, 4) is 0 Å². The van der Waals surface area contributed by atoms with Gasteiger partial charge in [0.1, 0.15) is 5.69 Å². The van der Waals surface area contributed by atoms with Crippen molar-refractivity contribution in [2.75, 3.05) is 31.6 Å². The first-order chi connectivity index (χ1) is 13.5. The SMILES string of the molecule is CN(CC1CCN(c2ncc3cc(Br)ccc3n2)CC1)C(=O)c1cn(C)cn1. The Morgan fingerprint density at radius 2 is 2.07 bits per heavy atom. The number of hydrogen-bond acceptors (Lipinski definition) is 5. The summed E-state index contributed by atoms with van der Waals surface area (Å²) in [4.78, 5) is 29.9. The Bertz CT molecular complexity index is 995. The summed E-state index contributed by atoms with van der Waals surface area (Å²) in [6, 6.07) is 6.04. The highest BCUT2D eigenvalue weighted by atomic mass is 79.9. The number of carbonyl (C=O) groups excluding carboxylic acids is 1. The number of fused-ring (bicyclic) bond motifs is 1. The van der Waals surface area contributed by atoms with E-state index in [9.17, 15) is 4.79 Å². The third kappa shape index (κ3) is 4.01. The summed E-state index contributed by atoms with van der Waals surface area (Å²) in [6.45, 7) is 2.55. The number of halogens is 1. The molecule has 0 bridgehead atoms. The van der Waals surface area contributed by atoms with E-state index in [1.165, 1.54) is 0 Å². The molecular weight excluding hydrogens is 420 g/mol. The average Bonchev–Trinajstić information content (AvgIpc) is 3.14. The van der Waals surface area contributed by atoms with Gasteiger partial charge in [-0.15, -0.1) is 0 Å². The van der Waals surface area contributed by atoms with Gasteiger partial charge >= 0.3 is 0 Å². The smallest absolute Gasteiger partial charge is 0.273 e. The zero-order valence-electron chi connectivity index (χ0n) is 16.0. The zero-order valence-corrected chi connectivity index (χ0v) is 17.6. The van der Waals surface area contributed by atoms with Crippen LogP contribution in [0.25, 0.3) is 10.9 Å². The van der Waals surface area contributed by atoms with Crippen LogP contribution in [0.3, 0.4) is 0 Å². The first-order valence-electron chi connectivity index (χ1n) is 9.40. The molecular formula is C20H23BrN6O. The number of benzene rings is 1. The molecule has 1 aliphatic heterocycles. The number of nitrogens with zero attached hydrogens (tertiary/aromatic N) is 6. The second kappa shape index (κ2) is 7.87. The molecule has 1 saturated heterocycles. The lowest BCUT2D eigenvalue weighted by Crippen LogP contribution is -2.40. The van der Waals surface area contributed by atoms with Crippen molar-refractivity contribution in [2.24, 2.45) is 13.0 Å². The molecule has 0 radical (unpaired) electrons. The Balaban J connectivity index is 1.35. The summed E-state index contributed by atoms with van der Waals surface area (Å²) >= 11 is 3.48. The molecule has 2 aromatic heterocycles. The van der Waals surface area contributed by atoms with Crippen LogP contribution < -0.4 is 4.90 Å². The van der Waals surface area contributed by atoms with Gasteiger partial charge in [-0.3, -0.25) is 4.79 Å². The van der Waals surface area contributed by atoms with Gasteiger partial charge in [0.15, 0.2) is 0 Å². The lowest BCUT2D eigenvalue weighted by atomic mass is 9.96. The van der Waals surface area contributed by atoms with E-state index in [1.807, 2.05) is 38.5 Å². The van der Waals surface area contributed by atoms with Crippen LogP contribution in [0.5, 0.6) is 0 Å². The number of aromatic nitrogens is 4. The molecule has 28 heavy (non-hydrogen) atoms. The highest BCUT2D eigenvalue weighted by Crippen LogP contribution is 2.24. The molecule has 0 atom stereocenters. The topological polar surface area (TPSA) is 67.2 Å². The van der Waals surface area contributed by atoms with E-state index < -0.39 is 0 Å². The second-order valence-corrected chi connectivity index (χ2v) is 8.33. The van der Waals surface area contributed by atoms with Crippen molar-refractivity contribution in [3.63, 3.8) is 0 Å². The number of aryl methyl sites for hydroxylation is 1. The van der Waals surface area contributed by atoms with Gasteiger partial charge in [-0.1, -0.05) is 15.9 Å². The highest BCUT2D eigenvalue weighted by molar-refractivity contribution is 9.10. The maximum atomic E-state index is 12.5. The van der Waals surface area contributed by atoms with Crippen LogP contribution >= 0.6 is 15.9 Å². The summed E-state index contributed by atoms with van der Waals surface area (Å²) in [6.07, 6.45) is 7.33. The van der Waals surface area contributed by atoms with E-state index in [-0.39, 0.29) is 5.91 Å². The monoisotopic (exact) mass is 442 g/mol. The van der Waals surface area contributed by atoms with Gasteiger partial charge in [-0.2, -0.15) is 0 Å². The van der Waals surface area contributed by atoms with Gasteiger partial charge in [0.25, 0.3) is 5.91 Å². The minimum atomic E-state index is -0.0212. The highest BCUT2D eigenvalue weighted by Gasteiger charge is 2.24. The van der Waals surface area contributed by atoms with Gasteiger partial charge in [0.2, 0.25) is 5.95 Å². The zero-order chi connectivity index (χ0) is 19.7. The number of rotatable bonds is 4. The van der Waals surface area contributed by atoms with Crippen LogP contribution in [0.1, 0.15) is 23.3 Å². The third-order valence-corrected chi connectivity index (χ3v) is 5.72. The summed E-state index contributed by atoms with van der Waals surface area (Å²) in [5.74, 6) is 1.24. The van der Waals surface area contributed by atoms with E-state index in [0.717, 1.165) is 53.8 Å². The Morgan fingerprint density at radius 3 is 2.79 bits per heavy atom. The Kier molecular flexibility index (Phi) is 5.30. The summed E-state index contributed by atoms with van der Waals surface area (Å²) in [5, 5.41) is 1.03. The molecule has 1 aromatic carbocycles. The minimum Gasteiger partial charge on any atom is -0.341 e. The van der Waals surface area contributed by atoms with Crippen LogP contribution in [0.4, 0.5) is 5.95 Å². The molecule has 0 aliphatic carbocycles. The van der Waals surface area contributed by atoms with Crippen molar-refractivity contribution in [1.82, 2.24) is 24.4 Å². The maximum Gasteiger partial charge on any atom is 0.273 e. The van der Waals surface area contributed by atoms with Gasteiger partial charge in [0.05, 0.1) is 11.8 Å². The summed E-state index contributed by atoms with van der Waals surface area (Å²) in [7, 11) is 3.72. The van der Waals surface area contributed by atoms with Crippen molar-refractivity contribution in [1.29, 1.82) is 0 Å². The molecule has 3 aromatic rings. The number of anilines is 1. The number of imidazole rings is 1. The van der Waals surface area contributed by atoms with E-state index in [2.05, 4.69) is 30.8 Å². The predicted octanol–water partition coefficient (Wildman–Crippen LogP) is 3.11. The van der Waals surface area contributed by atoms with E-state index >= 15 is 0 Å². The van der Waals surface area contributed by atoms with Crippen molar-refractivity contribution in [3.05, 3.63) is 47.1 Å². The summed E-state index contributed by atoms with van der Waals surface area (Å²) in [5.41, 5.74) is 1.45. The lowest BCUT2D eigenvalue weighted by molar-refractivity contribution is 0.0759. The quantitative estimate of drug-likeness (QED) is 0.620. The molecule has 4 rings (SSSR count). The average molecular weight is 443 g/mol. The Morgan fingerprint density at radius 1 is 1.29 bits per heavy atom. The molecule has 146 valence electrons. The molecule has 0 unspecified atom stereocenters. The second-order valence-electron chi connectivity index (χ2n) is 7.41. The van der Waals surface area contributed by atoms with Gasteiger partial charge in [-0.05, 0) is 37.0 Å². The Hall–Kier alpha value is -2.48. The first-order valence-corrected chi connectivity index (χ1v) is 10.2. The molecule has 1 amide bonds. The number of amides is 1. The predicted molar refractivity (Wildman–Crippen MR) is 112 cm³/mol. The molecule has 0 spiro atoms. The molecule has 1 fully saturated rings. The summed E-state index contributed by atoms with van der Waals surface area (Å²) < 4.78 is 2.82. The van der Waals surface area contributed by atoms with Crippen LogP contribution in [0.2, 0.25) is 0 Å². The number of hydrogen-bond donors (Lipinski definition) is 0. The minimum absolute atomic E-state index is 0.0212. The first kappa shape index (κ1) is 18.9. The van der Waals surface area contributed by atoms with Crippen molar-refractivity contribution in [2.45, 2.75) is 12.8 Å². The molecule has 8 heteroatoms. The molecule has 3 heterocycles. The van der Waals surface area contributed by atoms with Crippen LogP contribution in [-0.4, -0.2) is 57.0 Å². The fraction of sp³-hybridized carbons (Fsp3) is 0.400. The van der Waals surface area contributed by atoms with Crippen LogP contribution in [0, 0.1) is 5.92 Å². The van der Waals surface area contributed by atoms with E-state index in [0.29, 0.717) is 11.6 Å². The van der Waals surface area contributed by atoms with Crippen molar-refractivity contribution < 1.29 is 4.79 Å². The molecule has 7 nitrogen and oxygen atoms in total. The Labute approximate surface area is 172 Å². The lowest BCUT2D eigenvalue weighted by Gasteiger charge is -2.33. The normalized spacial score (nSPS) is 15.2. The van der Waals surface area contributed by atoms with Crippen molar-refractivity contribution >= 4 is 38.7 Å². The largest absolute Gasteiger partial charge is 0.341 e. The van der Waals surface area contributed by atoms with Crippen LogP contribution in [-0.2, 0) is 7.05 Å².